The van der Waals surface area contributed by atoms with Crippen LogP contribution in [0.3, 0.4) is 0 Å². The highest BCUT2D eigenvalue weighted by molar-refractivity contribution is 7.92. The number of carbonyl (C=O) groups is 1. The van der Waals surface area contributed by atoms with E-state index in [2.05, 4.69) is 5.32 Å². The van der Waals surface area contributed by atoms with Crippen LogP contribution in [0.25, 0.3) is 11.1 Å². The molecule has 30 heavy (non-hydrogen) atoms. The van der Waals surface area contributed by atoms with Crippen molar-refractivity contribution in [1.82, 2.24) is 0 Å². The molecule has 0 saturated heterocycles. The van der Waals surface area contributed by atoms with Crippen LogP contribution >= 0.6 is 0 Å². The van der Waals surface area contributed by atoms with E-state index in [-0.39, 0.29) is 31.0 Å². The van der Waals surface area contributed by atoms with Crippen LogP contribution in [0.4, 0.5) is 15.8 Å². The first kappa shape index (κ1) is 21.5. The summed E-state index contributed by atoms with van der Waals surface area (Å²) in [6.07, 6.45) is 1.37. The van der Waals surface area contributed by atoms with Crippen molar-refractivity contribution in [2.45, 2.75) is 12.8 Å². The Labute approximate surface area is 176 Å². The van der Waals surface area contributed by atoms with Gasteiger partial charge in [-0.1, -0.05) is 60.7 Å². The summed E-state index contributed by atoms with van der Waals surface area (Å²) in [7, 11) is -3.68. The standard InChI is InChI=1S/C23H23FN2O3S/c1-30(28,29)26(22-15-8-6-13-20(22)24)17-9-16-23(27)25-21-14-7-5-12-19(21)18-10-3-2-4-11-18/h2-8,10-15H,9,16-17H2,1H3,(H,25,27). The fourth-order valence-corrected chi connectivity index (χ4v) is 4.14. The summed E-state index contributed by atoms with van der Waals surface area (Å²) in [6.45, 7) is 0.00746. The number of nitrogens with zero attached hydrogens (tertiary/aromatic N) is 1. The summed E-state index contributed by atoms with van der Waals surface area (Å²) in [5.74, 6) is -0.857. The number of benzene rings is 3. The molecule has 0 unspecified atom stereocenters. The molecule has 0 aliphatic heterocycles. The van der Waals surface area contributed by atoms with Gasteiger partial charge in [0.25, 0.3) is 0 Å². The molecule has 0 radical (unpaired) electrons. The second-order valence-corrected chi connectivity index (χ2v) is 8.76. The van der Waals surface area contributed by atoms with E-state index in [1.54, 1.807) is 6.07 Å². The van der Waals surface area contributed by atoms with Gasteiger partial charge in [0.2, 0.25) is 15.9 Å². The van der Waals surface area contributed by atoms with Crippen molar-refractivity contribution in [3.05, 3.63) is 84.7 Å². The lowest BCUT2D eigenvalue weighted by Gasteiger charge is -2.22. The highest BCUT2D eigenvalue weighted by atomic mass is 32.2. The van der Waals surface area contributed by atoms with Crippen LogP contribution in [-0.2, 0) is 14.8 Å². The Morgan fingerprint density at radius 1 is 0.933 bits per heavy atom. The van der Waals surface area contributed by atoms with Crippen molar-refractivity contribution >= 4 is 27.3 Å². The number of nitrogens with one attached hydrogen (secondary N) is 1. The first-order valence-corrected chi connectivity index (χ1v) is 11.4. The number of hydrogen-bond acceptors (Lipinski definition) is 3. The van der Waals surface area contributed by atoms with Crippen LogP contribution in [0, 0.1) is 5.82 Å². The van der Waals surface area contributed by atoms with Crippen LogP contribution in [0.1, 0.15) is 12.8 Å². The molecule has 0 bridgehead atoms. The number of sulfonamides is 1. The van der Waals surface area contributed by atoms with Crippen molar-refractivity contribution in [3.8, 4) is 11.1 Å². The predicted octanol–water partition coefficient (Wildman–Crippen LogP) is 4.68. The van der Waals surface area contributed by atoms with Crippen LogP contribution < -0.4 is 9.62 Å². The van der Waals surface area contributed by atoms with Crippen LogP contribution in [0.2, 0.25) is 0 Å². The molecule has 3 aromatic rings. The number of rotatable bonds is 8. The minimum absolute atomic E-state index is 0.00746. The number of para-hydroxylation sites is 2. The maximum absolute atomic E-state index is 14.1. The van der Waals surface area contributed by atoms with Crippen LogP contribution in [-0.4, -0.2) is 27.1 Å². The Kier molecular flexibility index (Phi) is 6.84. The van der Waals surface area contributed by atoms with Crippen molar-refractivity contribution in [2.24, 2.45) is 0 Å². The summed E-state index contributed by atoms with van der Waals surface area (Å²) in [5, 5.41) is 2.89. The first-order valence-electron chi connectivity index (χ1n) is 9.53. The minimum atomic E-state index is -3.68. The zero-order valence-electron chi connectivity index (χ0n) is 16.6. The van der Waals surface area contributed by atoms with E-state index in [4.69, 9.17) is 0 Å². The topological polar surface area (TPSA) is 66.5 Å². The Bertz CT molecular complexity index is 1120. The third kappa shape index (κ3) is 5.45. The van der Waals surface area contributed by atoms with Gasteiger partial charge in [-0.05, 0) is 30.2 Å². The highest BCUT2D eigenvalue weighted by Crippen LogP contribution is 2.28. The van der Waals surface area contributed by atoms with Gasteiger partial charge in [0, 0.05) is 24.2 Å². The molecule has 156 valence electrons. The Morgan fingerprint density at radius 2 is 1.57 bits per heavy atom. The monoisotopic (exact) mass is 426 g/mol. The van der Waals surface area contributed by atoms with E-state index in [1.165, 1.54) is 18.2 Å². The molecule has 5 nitrogen and oxygen atoms in total. The zero-order valence-corrected chi connectivity index (χ0v) is 17.4. The lowest BCUT2D eigenvalue weighted by molar-refractivity contribution is -0.116. The molecule has 3 aromatic carbocycles. The lowest BCUT2D eigenvalue weighted by atomic mass is 10.0. The summed E-state index contributed by atoms with van der Waals surface area (Å²) in [4.78, 5) is 12.5. The van der Waals surface area contributed by atoms with Crippen molar-refractivity contribution in [2.75, 3.05) is 22.4 Å². The van der Waals surface area contributed by atoms with Gasteiger partial charge in [0.1, 0.15) is 5.82 Å². The quantitative estimate of drug-likeness (QED) is 0.569. The van der Waals surface area contributed by atoms with Gasteiger partial charge in [-0.25, -0.2) is 12.8 Å². The van der Waals surface area contributed by atoms with Crippen LogP contribution in [0.15, 0.2) is 78.9 Å². The van der Waals surface area contributed by atoms with Gasteiger partial charge < -0.3 is 5.32 Å². The summed E-state index contributed by atoms with van der Waals surface area (Å²) in [6, 6.07) is 22.9. The molecule has 0 fully saturated rings. The molecule has 0 spiro atoms. The minimum Gasteiger partial charge on any atom is -0.326 e. The second kappa shape index (κ2) is 9.54. The normalized spacial score (nSPS) is 11.1. The van der Waals surface area contributed by atoms with Crippen LogP contribution in [0.5, 0.6) is 0 Å². The summed E-state index contributed by atoms with van der Waals surface area (Å²) in [5.41, 5.74) is 2.55. The number of amides is 1. The zero-order chi connectivity index (χ0) is 21.6. The van der Waals surface area contributed by atoms with E-state index in [0.717, 1.165) is 21.7 Å². The molecule has 0 aliphatic rings. The SMILES string of the molecule is CS(=O)(=O)N(CCCC(=O)Nc1ccccc1-c1ccccc1)c1ccccc1F. The number of halogens is 1. The Morgan fingerprint density at radius 3 is 2.27 bits per heavy atom. The molecular weight excluding hydrogens is 403 g/mol. The van der Waals surface area contributed by atoms with E-state index >= 15 is 0 Å². The van der Waals surface area contributed by atoms with Gasteiger partial charge in [0.15, 0.2) is 0 Å². The molecule has 0 heterocycles. The first-order chi connectivity index (χ1) is 14.4. The molecule has 0 atom stereocenters. The van der Waals surface area contributed by atoms with E-state index in [1.807, 2.05) is 54.6 Å². The smallest absolute Gasteiger partial charge is 0.232 e. The summed E-state index contributed by atoms with van der Waals surface area (Å²) >= 11 is 0. The fourth-order valence-electron chi connectivity index (χ4n) is 3.18. The van der Waals surface area contributed by atoms with E-state index in [9.17, 15) is 17.6 Å². The maximum atomic E-state index is 14.1. The molecule has 0 aromatic heterocycles. The second-order valence-electron chi connectivity index (χ2n) is 6.85. The van der Waals surface area contributed by atoms with Crippen molar-refractivity contribution in [3.63, 3.8) is 0 Å². The average Bonchev–Trinajstić information content (AvgIpc) is 2.72. The average molecular weight is 427 g/mol. The number of anilines is 2. The Balaban J connectivity index is 1.66. The summed E-state index contributed by atoms with van der Waals surface area (Å²) < 4.78 is 39.3. The highest BCUT2D eigenvalue weighted by Gasteiger charge is 2.20. The molecule has 0 saturated carbocycles. The van der Waals surface area contributed by atoms with Gasteiger partial charge >= 0.3 is 0 Å². The largest absolute Gasteiger partial charge is 0.326 e. The third-order valence-corrected chi connectivity index (χ3v) is 5.75. The molecule has 0 aliphatic carbocycles. The molecule has 1 amide bonds. The molecule has 1 N–H and O–H groups in total. The fraction of sp³-hybridized carbons (Fsp3) is 0.174. The van der Waals surface area contributed by atoms with Gasteiger partial charge in [-0.15, -0.1) is 0 Å². The Hall–Kier alpha value is -3.19. The predicted molar refractivity (Wildman–Crippen MR) is 118 cm³/mol. The number of hydrogen-bond donors (Lipinski definition) is 1. The van der Waals surface area contributed by atoms with E-state index in [0.29, 0.717) is 5.69 Å². The van der Waals surface area contributed by atoms with Gasteiger partial charge in [-0.3, -0.25) is 9.10 Å². The van der Waals surface area contributed by atoms with Crippen molar-refractivity contribution in [1.29, 1.82) is 0 Å². The lowest BCUT2D eigenvalue weighted by Crippen LogP contribution is -2.32. The van der Waals surface area contributed by atoms with Gasteiger partial charge in [-0.2, -0.15) is 0 Å². The third-order valence-electron chi connectivity index (χ3n) is 4.57. The van der Waals surface area contributed by atoms with Crippen molar-refractivity contribution < 1.29 is 17.6 Å². The molecular formula is C23H23FN2O3S. The van der Waals surface area contributed by atoms with Gasteiger partial charge in [0.05, 0.1) is 11.9 Å². The molecule has 3 rings (SSSR count). The maximum Gasteiger partial charge on any atom is 0.232 e. The van der Waals surface area contributed by atoms with E-state index < -0.39 is 15.8 Å². The molecule has 7 heteroatoms. The number of carbonyl (C=O) groups excluding carboxylic acids is 1.